The predicted octanol–water partition coefficient (Wildman–Crippen LogP) is 0.628. The van der Waals surface area contributed by atoms with E-state index in [1.807, 2.05) is 11.7 Å². The van der Waals surface area contributed by atoms with Crippen LogP contribution in [-0.4, -0.2) is 47.8 Å². The largest absolute Gasteiger partial charge is 0.379 e. The van der Waals surface area contributed by atoms with Crippen LogP contribution in [0.25, 0.3) is 0 Å². The number of nitrogens with two attached hydrogens (primary N) is 1. The summed E-state index contributed by atoms with van der Waals surface area (Å²) in [5.74, 6) is 5.76. The average molecular weight is 270 g/mol. The highest BCUT2D eigenvalue weighted by Gasteiger charge is 2.35. The summed E-state index contributed by atoms with van der Waals surface area (Å²) < 4.78 is 5.41. The molecule has 0 aliphatic carbocycles. The van der Waals surface area contributed by atoms with Gasteiger partial charge in [-0.3, -0.25) is 21.2 Å². The topological polar surface area (TPSA) is 63.4 Å². The fourth-order valence-corrected chi connectivity index (χ4v) is 3.06. The highest BCUT2D eigenvalue weighted by molar-refractivity contribution is 7.09. The van der Waals surface area contributed by atoms with Crippen molar-refractivity contribution in [2.45, 2.75) is 31.8 Å². The number of nitrogens with zero attached hydrogens (tertiary/aromatic N) is 2. The molecule has 18 heavy (non-hydrogen) atoms. The molecule has 6 heteroatoms. The Bertz CT molecular complexity index is 349. The van der Waals surface area contributed by atoms with Crippen LogP contribution in [0.1, 0.15) is 18.7 Å². The molecule has 1 aromatic heterocycles. The van der Waals surface area contributed by atoms with Gasteiger partial charge < -0.3 is 4.74 Å². The summed E-state index contributed by atoms with van der Waals surface area (Å²) in [6, 6.07) is 0.205. The van der Waals surface area contributed by atoms with E-state index in [1.165, 1.54) is 4.88 Å². The predicted molar refractivity (Wildman–Crippen MR) is 73.4 cm³/mol. The lowest BCUT2D eigenvalue weighted by Crippen LogP contribution is -2.62. The first-order chi connectivity index (χ1) is 8.64. The van der Waals surface area contributed by atoms with Gasteiger partial charge in [0.05, 0.1) is 18.7 Å². The minimum atomic E-state index is 0.00250. The number of hydrazine groups is 1. The van der Waals surface area contributed by atoms with Crippen molar-refractivity contribution in [1.82, 2.24) is 15.3 Å². The van der Waals surface area contributed by atoms with Crippen molar-refractivity contribution >= 4 is 11.3 Å². The molecule has 0 amide bonds. The number of hydrogen-bond acceptors (Lipinski definition) is 6. The monoisotopic (exact) mass is 270 g/mol. The van der Waals surface area contributed by atoms with Gasteiger partial charge in [0.25, 0.3) is 0 Å². The molecule has 5 nitrogen and oxygen atoms in total. The SMILES string of the molecule is CC(C)(C(Cc1cncs1)NN)N1CCOCC1. The molecule has 1 aromatic rings. The van der Waals surface area contributed by atoms with E-state index in [0.717, 1.165) is 32.7 Å². The minimum absolute atomic E-state index is 0.00250. The summed E-state index contributed by atoms with van der Waals surface area (Å²) in [7, 11) is 0. The van der Waals surface area contributed by atoms with Crippen LogP contribution in [0, 0.1) is 0 Å². The molecule has 1 atom stereocenters. The molecule has 3 N–H and O–H groups in total. The van der Waals surface area contributed by atoms with Gasteiger partial charge in [-0.2, -0.15) is 0 Å². The summed E-state index contributed by atoms with van der Waals surface area (Å²) in [5.41, 5.74) is 4.84. The minimum Gasteiger partial charge on any atom is -0.379 e. The summed E-state index contributed by atoms with van der Waals surface area (Å²) in [6.07, 6.45) is 2.83. The molecule has 0 bridgehead atoms. The molecule has 2 rings (SSSR count). The number of thiazole rings is 1. The number of morpholine rings is 1. The molecule has 1 unspecified atom stereocenters. The number of aromatic nitrogens is 1. The van der Waals surface area contributed by atoms with Gasteiger partial charge in [0, 0.05) is 42.2 Å². The van der Waals surface area contributed by atoms with Crippen LogP contribution in [-0.2, 0) is 11.2 Å². The van der Waals surface area contributed by atoms with Crippen molar-refractivity contribution < 1.29 is 4.74 Å². The Balaban J connectivity index is 2.04. The Kier molecular flexibility index (Phi) is 4.69. The highest BCUT2D eigenvalue weighted by atomic mass is 32.1. The number of hydrogen-bond donors (Lipinski definition) is 2. The zero-order valence-electron chi connectivity index (χ0n) is 11.1. The van der Waals surface area contributed by atoms with E-state index in [0.29, 0.717) is 0 Å². The molecule has 0 aromatic carbocycles. The maximum atomic E-state index is 5.76. The second-order valence-corrected chi connectivity index (χ2v) is 6.12. The Morgan fingerprint density at radius 2 is 2.28 bits per heavy atom. The maximum Gasteiger partial charge on any atom is 0.0794 e. The van der Waals surface area contributed by atoms with Crippen molar-refractivity contribution in [3.63, 3.8) is 0 Å². The zero-order valence-corrected chi connectivity index (χ0v) is 11.9. The average Bonchev–Trinajstić information content (AvgIpc) is 2.89. The third kappa shape index (κ3) is 3.07. The van der Waals surface area contributed by atoms with Gasteiger partial charge in [0.15, 0.2) is 0 Å². The molecule has 102 valence electrons. The van der Waals surface area contributed by atoms with Crippen molar-refractivity contribution in [3.8, 4) is 0 Å². The fraction of sp³-hybridized carbons (Fsp3) is 0.750. The first-order valence-electron chi connectivity index (χ1n) is 6.31. The second-order valence-electron chi connectivity index (χ2n) is 5.14. The van der Waals surface area contributed by atoms with Gasteiger partial charge in [-0.15, -0.1) is 11.3 Å². The summed E-state index contributed by atoms with van der Waals surface area (Å²) in [4.78, 5) is 7.83. The van der Waals surface area contributed by atoms with Gasteiger partial charge in [-0.1, -0.05) is 0 Å². The molecule has 0 radical (unpaired) electrons. The molecular formula is C12H22N4OS. The van der Waals surface area contributed by atoms with E-state index in [1.54, 1.807) is 11.3 Å². The standard InChI is InChI=1S/C12H22N4OS/c1-12(2,16-3-5-17-6-4-16)11(15-13)7-10-8-14-9-18-10/h8-9,11,15H,3-7,13H2,1-2H3. The maximum absolute atomic E-state index is 5.76. The van der Waals surface area contributed by atoms with Crippen LogP contribution in [0.5, 0.6) is 0 Å². The fourth-order valence-electron chi connectivity index (χ4n) is 2.42. The number of nitrogens with one attached hydrogen (secondary N) is 1. The van der Waals surface area contributed by atoms with E-state index in [9.17, 15) is 0 Å². The van der Waals surface area contributed by atoms with Crippen LogP contribution >= 0.6 is 11.3 Å². The first-order valence-corrected chi connectivity index (χ1v) is 7.19. The third-order valence-corrected chi connectivity index (χ3v) is 4.57. The Labute approximate surface area is 112 Å². The Morgan fingerprint density at radius 3 is 2.83 bits per heavy atom. The quantitative estimate of drug-likeness (QED) is 0.607. The van der Waals surface area contributed by atoms with Crippen molar-refractivity contribution in [2.75, 3.05) is 26.3 Å². The summed E-state index contributed by atoms with van der Waals surface area (Å²) in [5, 5.41) is 0. The van der Waals surface area contributed by atoms with Gasteiger partial charge in [0.2, 0.25) is 0 Å². The summed E-state index contributed by atoms with van der Waals surface area (Å²) >= 11 is 1.68. The van der Waals surface area contributed by atoms with E-state index in [2.05, 4.69) is 29.2 Å². The number of ether oxygens (including phenoxy) is 1. The molecule has 1 aliphatic heterocycles. The lowest BCUT2D eigenvalue weighted by atomic mass is 9.89. The van der Waals surface area contributed by atoms with Gasteiger partial charge in [-0.25, -0.2) is 0 Å². The van der Waals surface area contributed by atoms with Gasteiger partial charge in [0.1, 0.15) is 0 Å². The van der Waals surface area contributed by atoms with Crippen LogP contribution in [0.2, 0.25) is 0 Å². The molecule has 0 spiro atoms. The molecule has 1 saturated heterocycles. The Morgan fingerprint density at radius 1 is 1.56 bits per heavy atom. The van der Waals surface area contributed by atoms with E-state index in [4.69, 9.17) is 10.6 Å². The van der Waals surface area contributed by atoms with E-state index in [-0.39, 0.29) is 11.6 Å². The molecule has 1 fully saturated rings. The highest BCUT2D eigenvalue weighted by Crippen LogP contribution is 2.23. The normalized spacial score (nSPS) is 19.9. The van der Waals surface area contributed by atoms with Crippen molar-refractivity contribution in [3.05, 3.63) is 16.6 Å². The van der Waals surface area contributed by atoms with Gasteiger partial charge in [-0.05, 0) is 13.8 Å². The first kappa shape index (κ1) is 13.9. The van der Waals surface area contributed by atoms with Crippen molar-refractivity contribution in [2.24, 2.45) is 5.84 Å². The molecule has 1 aliphatic rings. The Hall–Kier alpha value is -0.530. The van der Waals surface area contributed by atoms with Crippen LogP contribution in [0.3, 0.4) is 0 Å². The summed E-state index contributed by atoms with van der Waals surface area (Å²) in [6.45, 7) is 8.03. The smallest absolute Gasteiger partial charge is 0.0794 e. The lowest BCUT2D eigenvalue weighted by molar-refractivity contribution is -0.0232. The van der Waals surface area contributed by atoms with Crippen LogP contribution < -0.4 is 11.3 Å². The van der Waals surface area contributed by atoms with Crippen LogP contribution in [0.15, 0.2) is 11.7 Å². The molecule has 2 heterocycles. The van der Waals surface area contributed by atoms with E-state index >= 15 is 0 Å². The molecular weight excluding hydrogens is 248 g/mol. The van der Waals surface area contributed by atoms with Crippen molar-refractivity contribution in [1.29, 1.82) is 0 Å². The van der Waals surface area contributed by atoms with E-state index < -0.39 is 0 Å². The third-order valence-electron chi connectivity index (χ3n) is 3.77. The second kappa shape index (κ2) is 6.08. The number of rotatable bonds is 5. The van der Waals surface area contributed by atoms with Gasteiger partial charge >= 0.3 is 0 Å². The van der Waals surface area contributed by atoms with Crippen LogP contribution in [0.4, 0.5) is 0 Å². The molecule has 0 saturated carbocycles. The lowest BCUT2D eigenvalue weighted by Gasteiger charge is -2.45. The zero-order chi connectivity index (χ0) is 13.0.